The van der Waals surface area contributed by atoms with Gasteiger partial charge in [-0.05, 0) is 35.4 Å². The molecule has 128 valence electrons. The molecule has 0 radical (unpaired) electrons. The summed E-state index contributed by atoms with van der Waals surface area (Å²) in [4.78, 5) is -0.669. The second kappa shape index (κ2) is 7.06. The lowest BCUT2D eigenvalue weighted by Crippen LogP contribution is -2.02. The van der Waals surface area contributed by atoms with Crippen LogP contribution in [0.25, 0.3) is 12.2 Å². The van der Waals surface area contributed by atoms with Gasteiger partial charge in [0.2, 0.25) is 0 Å². The third kappa shape index (κ3) is 4.74. The molecule has 0 aliphatic heterocycles. The Morgan fingerprint density at radius 1 is 0.708 bits per heavy atom. The molecule has 2 rings (SSSR count). The van der Waals surface area contributed by atoms with Crippen LogP contribution in [0.15, 0.2) is 55.1 Å². The zero-order valence-electron chi connectivity index (χ0n) is 11.7. The molecule has 6 nitrogen and oxygen atoms in total. The summed E-state index contributed by atoms with van der Waals surface area (Å²) in [5.41, 5.74) is 0.315. The summed E-state index contributed by atoms with van der Waals surface area (Å²) in [5.74, 6) is 0. The highest BCUT2D eigenvalue weighted by atomic mass is 79.9. The van der Waals surface area contributed by atoms with Crippen molar-refractivity contribution < 1.29 is 25.9 Å². The first-order valence-corrected chi connectivity index (χ1v) is 10.7. The van der Waals surface area contributed by atoms with Crippen molar-refractivity contribution in [1.82, 2.24) is 0 Å². The first kappa shape index (κ1) is 19.3. The smallest absolute Gasteiger partial charge is 0.282 e. The molecule has 0 saturated heterocycles. The van der Waals surface area contributed by atoms with Crippen LogP contribution in [0.4, 0.5) is 0 Å². The molecule has 24 heavy (non-hydrogen) atoms. The maximum absolute atomic E-state index is 11.4. The Morgan fingerprint density at radius 3 is 1.33 bits per heavy atom. The number of hydrogen-bond donors (Lipinski definition) is 2. The van der Waals surface area contributed by atoms with E-state index in [1.807, 2.05) is 0 Å². The Hall–Kier alpha value is -1.04. The van der Waals surface area contributed by atoms with E-state index in [4.69, 9.17) is 0 Å². The van der Waals surface area contributed by atoms with Crippen molar-refractivity contribution in [2.45, 2.75) is 9.79 Å². The van der Waals surface area contributed by atoms with Crippen molar-refractivity contribution in [2.24, 2.45) is 0 Å². The summed E-state index contributed by atoms with van der Waals surface area (Å²) in [5, 5.41) is 0. The molecule has 0 fully saturated rings. The van der Waals surface area contributed by atoms with Gasteiger partial charge in [0.05, 0.1) is 0 Å². The summed E-state index contributed by atoms with van der Waals surface area (Å²) in [6.45, 7) is 0. The Kier molecular flexibility index (Phi) is 5.68. The molecular weight excluding hydrogens is 488 g/mol. The summed E-state index contributed by atoms with van der Waals surface area (Å²) < 4.78 is 65.3. The standard InChI is InChI=1S/C14H10Br2O6S2/c15-11-5-3-9(13(7-11)23(17,18)19)1-2-10-4-6-12(16)8-14(10)24(20,21)22/h1-8H,(H,17,18,19)(H,20,21,22)/b2-1+. The van der Waals surface area contributed by atoms with Crippen molar-refractivity contribution >= 4 is 64.2 Å². The van der Waals surface area contributed by atoms with Gasteiger partial charge in [-0.3, -0.25) is 9.11 Å². The van der Waals surface area contributed by atoms with Crippen LogP contribution in [-0.4, -0.2) is 25.9 Å². The molecule has 10 heteroatoms. The number of halogens is 2. The lowest BCUT2D eigenvalue weighted by molar-refractivity contribution is 0.480. The predicted molar refractivity (Wildman–Crippen MR) is 96.8 cm³/mol. The summed E-state index contributed by atoms with van der Waals surface area (Å²) in [7, 11) is -8.92. The number of benzene rings is 2. The van der Waals surface area contributed by atoms with Crippen LogP contribution in [0.2, 0.25) is 0 Å². The van der Waals surface area contributed by atoms with Gasteiger partial charge in [0.25, 0.3) is 20.2 Å². The molecule has 2 N–H and O–H groups in total. The largest absolute Gasteiger partial charge is 0.295 e. The van der Waals surface area contributed by atoms with Gasteiger partial charge < -0.3 is 0 Å². The second-order valence-corrected chi connectivity index (χ2v) is 9.26. The van der Waals surface area contributed by atoms with Gasteiger partial charge in [-0.25, -0.2) is 0 Å². The van der Waals surface area contributed by atoms with Crippen LogP contribution < -0.4 is 0 Å². The van der Waals surface area contributed by atoms with E-state index in [0.717, 1.165) is 0 Å². The fourth-order valence-electron chi connectivity index (χ4n) is 1.92. The fraction of sp³-hybridized carbons (Fsp3) is 0. The van der Waals surface area contributed by atoms with Gasteiger partial charge in [0.1, 0.15) is 9.79 Å². The molecule has 0 spiro atoms. The number of hydrogen-bond acceptors (Lipinski definition) is 4. The molecule has 0 bridgehead atoms. The maximum Gasteiger partial charge on any atom is 0.295 e. The lowest BCUT2D eigenvalue weighted by atomic mass is 10.1. The normalized spacial score (nSPS) is 12.7. The van der Waals surface area contributed by atoms with Gasteiger partial charge in [-0.2, -0.15) is 16.8 Å². The Labute approximate surface area is 156 Å². The van der Waals surface area contributed by atoms with Crippen molar-refractivity contribution in [3.63, 3.8) is 0 Å². The molecule has 2 aromatic carbocycles. The molecule has 0 unspecified atom stereocenters. The highest BCUT2D eigenvalue weighted by Crippen LogP contribution is 2.26. The van der Waals surface area contributed by atoms with Gasteiger partial charge in [0, 0.05) is 8.95 Å². The highest BCUT2D eigenvalue weighted by molar-refractivity contribution is 9.10. The molecule has 0 aromatic heterocycles. The average molecular weight is 498 g/mol. The first-order valence-electron chi connectivity index (χ1n) is 6.20. The van der Waals surface area contributed by atoms with E-state index in [2.05, 4.69) is 31.9 Å². The molecular formula is C14H10Br2O6S2. The SMILES string of the molecule is O=S(=O)(O)c1cc(Br)ccc1/C=C/c1ccc(Br)cc1S(=O)(=O)O. The van der Waals surface area contributed by atoms with E-state index in [1.54, 1.807) is 12.1 Å². The molecule has 2 aromatic rings. The lowest BCUT2D eigenvalue weighted by Gasteiger charge is -2.06. The van der Waals surface area contributed by atoms with E-state index in [1.165, 1.54) is 36.4 Å². The van der Waals surface area contributed by atoms with Crippen molar-refractivity contribution in [2.75, 3.05) is 0 Å². The zero-order valence-corrected chi connectivity index (χ0v) is 16.5. The molecule has 0 amide bonds. The van der Waals surface area contributed by atoms with Gasteiger partial charge in [0.15, 0.2) is 0 Å². The van der Waals surface area contributed by atoms with E-state index in [-0.39, 0.29) is 20.9 Å². The predicted octanol–water partition coefficient (Wildman–Crippen LogP) is 3.88. The van der Waals surface area contributed by atoms with Crippen LogP contribution in [0.5, 0.6) is 0 Å². The van der Waals surface area contributed by atoms with E-state index in [0.29, 0.717) is 8.95 Å². The van der Waals surface area contributed by atoms with Gasteiger partial charge in [-0.15, -0.1) is 0 Å². The van der Waals surface area contributed by atoms with Crippen molar-refractivity contribution in [3.8, 4) is 0 Å². The summed E-state index contributed by atoms with van der Waals surface area (Å²) in [6, 6.07) is 8.46. The van der Waals surface area contributed by atoms with Crippen LogP contribution in [0.1, 0.15) is 11.1 Å². The Balaban J connectivity index is 2.59. The van der Waals surface area contributed by atoms with Crippen LogP contribution >= 0.6 is 31.9 Å². The minimum atomic E-state index is -4.46. The molecule has 0 saturated carbocycles. The van der Waals surface area contributed by atoms with Crippen molar-refractivity contribution in [1.29, 1.82) is 0 Å². The first-order chi connectivity index (χ1) is 11.0. The molecule has 0 heterocycles. The third-order valence-corrected chi connectivity index (χ3v) is 5.75. The molecule has 0 aliphatic carbocycles. The van der Waals surface area contributed by atoms with E-state index < -0.39 is 20.2 Å². The van der Waals surface area contributed by atoms with Crippen molar-refractivity contribution in [3.05, 3.63) is 56.5 Å². The fourth-order valence-corrected chi connectivity index (χ4v) is 4.36. The maximum atomic E-state index is 11.4. The minimum Gasteiger partial charge on any atom is -0.282 e. The average Bonchev–Trinajstić information content (AvgIpc) is 2.45. The van der Waals surface area contributed by atoms with Gasteiger partial charge >= 0.3 is 0 Å². The quantitative estimate of drug-likeness (QED) is 0.490. The number of rotatable bonds is 4. The third-order valence-electron chi connectivity index (χ3n) is 2.95. The zero-order chi connectivity index (χ0) is 18.1. The highest BCUT2D eigenvalue weighted by Gasteiger charge is 2.16. The van der Waals surface area contributed by atoms with Crippen LogP contribution in [0.3, 0.4) is 0 Å². The van der Waals surface area contributed by atoms with Crippen LogP contribution in [-0.2, 0) is 20.2 Å². The Bertz CT molecular complexity index is 944. The van der Waals surface area contributed by atoms with E-state index >= 15 is 0 Å². The summed E-state index contributed by atoms with van der Waals surface area (Å²) >= 11 is 6.23. The van der Waals surface area contributed by atoms with Gasteiger partial charge in [-0.1, -0.05) is 56.1 Å². The summed E-state index contributed by atoms with van der Waals surface area (Å²) in [6.07, 6.45) is 2.65. The Morgan fingerprint density at radius 2 is 1.04 bits per heavy atom. The van der Waals surface area contributed by atoms with Crippen LogP contribution in [0, 0.1) is 0 Å². The van der Waals surface area contributed by atoms with E-state index in [9.17, 15) is 25.9 Å². The topological polar surface area (TPSA) is 109 Å². The minimum absolute atomic E-state index is 0.157. The molecule has 0 atom stereocenters. The molecule has 0 aliphatic rings. The second-order valence-electron chi connectivity index (χ2n) is 4.65. The monoisotopic (exact) mass is 496 g/mol.